The first-order valence-electron chi connectivity index (χ1n) is 8.39. The number of guanidine groups is 1. The standard InChI is InChI=1S/C18H26FN5O/c1-17(2)9-8-15(11-18(3,4)24(17)25)23-16(21-12-20)22-14-7-5-6-13(19)10-14/h5-7,10,15,25H,8-9,11H2,1-4H3,(H2,21,22,23). The maximum absolute atomic E-state index is 13.3. The minimum atomic E-state index is -0.436. The third-order valence-corrected chi connectivity index (χ3v) is 4.59. The van der Waals surface area contributed by atoms with Crippen LogP contribution in [-0.2, 0) is 0 Å². The Labute approximate surface area is 148 Å². The average molecular weight is 347 g/mol. The average Bonchev–Trinajstić information content (AvgIpc) is 2.58. The lowest BCUT2D eigenvalue weighted by Crippen LogP contribution is -2.53. The highest BCUT2D eigenvalue weighted by Crippen LogP contribution is 2.35. The SMILES string of the molecule is CC1(C)CCC(NC(=NC#N)Nc2cccc(F)c2)CC(C)(C)N1O. The molecule has 1 aliphatic heterocycles. The molecule has 0 radical (unpaired) electrons. The van der Waals surface area contributed by atoms with E-state index in [1.807, 2.05) is 27.7 Å². The summed E-state index contributed by atoms with van der Waals surface area (Å²) >= 11 is 0. The molecule has 1 heterocycles. The van der Waals surface area contributed by atoms with Gasteiger partial charge in [-0.1, -0.05) is 6.07 Å². The molecule has 1 unspecified atom stereocenters. The van der Waals surface area contributed by atoms with E-state index in [1.54, 1.807) is 18.3 Å². The van der Waals surface area contributed by atoms with Crippen LogP contribution in [0.2, 0.25) is 0 Å². The van der Waals surface area contributed by atoms with Crippen LogP contribution in [0.4, 0.5) is 10.1 Å². The van der Waals surface area contributed by atoms with Gasteiger partial charge in [-0.05, 0) is 65.2 Å². The predicted molar refractivity (Wildman–Crippen MR) is 95.6 cm³/mol. The number of benzene rings is 1. The van der Waals surface area contributed by atoms with Crippen molar-refractivity contribution in [3.8, 4) is 6.19 Å². The normalized spacial score (nSPS) is 23.4. The van der Waals surface area contributed by atoms with Gasteiger partial charge in [0.1, 0.15) is 5.82 Å². The van der Waals surface area contributed by atoms with Crippen LogP contribution < -0.4 is 10.6 Å². The van der Waals surface area contributed by atoms with E-state index < -0.39 is 5.54 Å². The summed E-state index contributed by atoms with van der Waals surface area (Å²) in [6, 6.07) is 5.99. The highest BCUT2D eigenvalue weighted by atomic mass is 19.1. The maximum Gasteiger partial charge on any atom is 0.211 e. The molecule has 0 amide bonds. The van der Waals surface area contributed by atoms with Gasteiger partial charge in [-0.3, -0.25) is 0 Å². The molecule has 1 aromatic rings. The minimum absolute atomic E-state index is 0.0135. The fourth-order valence-corrected chi connectivity index (χ4v) is 3.41. The Bertz CT molecular complexity index is 680. The first-order valence-corrected chi connectivity index (χ1v) is 8.39. The summed E-state index contributed by atoms with van der Waals surface area (Å²) in [5.74, 6) is -0.0901. The Morgan fingerprint density at radius 3 is 2.72 bits per heavy atom. The number of hydrogen-bond acceptors (Lipinski definition) is 4. The summed E-state index contributed by atoms with van der Waals surface area (Å²) in [7, 11) is 0. The number of hydroxylamine groups is 2. The van der Waals surface area contributed by atoms with E-state index in [1.165, 1.54) is 17.2 Å². The van der Waals surface area contributed by atoms with Crippen molar-refractivity contribution in [1.29, 1.82) is 5.26 Å². The van der Waals surface area contributed by atoms with Crippen LogP contribution in [0.1, 0.15) is 47.0 Å². The summed E-state index contributed by atoms with van der Waals surface area (Å²) in [4.78, 5) is 3.78. The van der Waals surface area contributed by atoms with Gasteiger partial charge in [0.2, 0.25) is 12.2 Å². The minimum Gasteiger partial charge on any atom is -0.352 e. The molecule has 0 bridgehead atoms. The van der Waals surface area contributed by atoms with Crippen molar-refractivity contribution in [2.24, 2.45) is 4.99 Å². The Hall–Kier alpha value is -2.17. The van der Waals surface area contributed by atoms with Crippen LogP contribution in [0, 0.1) is 17.3 Å². The number of aliphatic imine (C=N–C) groups is 1. The van der Waals surface area contributed by atoms with Crippen molar-refractivity contribution in [2.45, 2.75) is 64.1 Å². The monoisotopic (exact) mass is 347 g/mol. The molecule has 1 aromatic carbocycles. The van der Waals surface area contributed by atoms with Gasteiger partial charge in [-0.25, -0.2) is 4.39 Å². The number of anilines is 1. The van der Waals surface area contributed by atoms with Gasteiger partial charge in [-0.15, -0.1) is 4.99 Å². The van der Waals surface area contributed by atoms with E-state index >= 15 is 0 Å². The van der Waals surface area contributed by atoms with Crippen LogP contribution >= 0.6 is 0 Å². The molecule has 1 saturated heterocycles. The first-order chi connectivity index (χ1) is 11.6. The van der Waals surface area contributed by atoms with E-state index in [0.717, 1.165) is 12.8 Å². The molecule has 0 saturated carbocycles. The number of rotatable bonds is 2. The number of nitrogens with zero attached hydrogens (tertiary/aromatic N) is 3. The van der Waals surface area contributed by atoms with Gasteiger partial charge in [0.05, 0.1) is 0 Å². The van der Waals surface area contributed by atoms with Crippen LogP contribution in [0.15, 0.2) is 29.3 Å². The van der Waals surface area contributed by atoms with E-state index in [9.17, 15) is 9.60 Å². The van der Waals surface area contributed by atoms with Crippen molar-refractivity contribution in [3.63, 3.8) is 0 Å². The van der Waals surface area contributed by atoms with Crippen molar-refractivity contribution in [2.75, 3.05) is 5.32 Å². The Balaban J connectivity index is 2.14. The Morgan fingerprint density at radius 1 is 1.36 bits per heavy atom. The summed E-state index contributed by atoms with van der Waals surface area (Å²) in [5.41, 5.74) is -0.269. The number of nitrogens with one attached hydrogen (secondary N) is 2. The first kappa shape index (κ1) is 19.2. The molecule has 0 aromatic heterocycles. The molecule has 2 rings (SSSR count). The lowest BCUT2D eigenvalue weighted by atomic mass is 9.94. The molecule has 0 spiro atoms. The second kappa shape index (κ2) is 7.38. The Morgan fingerprint density at radius 2 is 2.08 bits per heavy atom. The van der Waals surface area contributed by atoms with Crippen LogP contribution in [0.25, 0.3) is 0 Å². The van der Waals surface area contributed by atoms with Crippen LogP contribution in [0.5, 0.6) is 0 Å². The van der Waals surface area contributed by atoms with E-state index in [-0.39, 0.29) is 23.4 Å². The fraction of sp³-hybridized carbons (Fsp3) is 0.556. The number of hydrogen-bond donors (Lipinski definition) is 3. The van der Waals surface area contributed by atoms with Crippen molar-refractivity contribution in [3.05, 3.63) is 30.1 Å². The fourth-order valence-electron chi connectivity index (χ4n) is 3.41. The second-order valence-electron chi connectivity index (χ2n) is 7.72. The number of halogens is 1. The molecular formula is C18H26FN5O. The third-order valence-electron chi connectivity index (χ3n) is 4.59. The zero-order chi connectivity index (χ0) is 18.7. The highest BCUT2D eigenvalue weighted by molar-refractivity contribution is 5.94. The van der Waals surface area contributed by atoms with Gasteiger partial charge in [-0.2, -0.15) is 10.3 Å². The van der Waals surface area contributed by atoms with E-state index in [4.69, 9.17) is 5.26 Å². The zero-order valence-corrected chi connectivity index (χ0v) is 15.2. The predicted octanol–water partition coefficient (Wildman–Crippen LogP) is 3.47. The molecule has 6 nitrogen and oxygen atoms in total. The van der Waals surface area contributed by atoms with Crippen LogP contribution in [-0.4, -0.2) is 33.3 Å². The Kier molecular flexibility index (Phi) is 5.65. The maximum atomic E-state index is 13.3. The quantitative estimate of drug-likeness (QED) is 0.433. The molecular weight excluding hydrogens is 321 g/mol. The van der Waals surface area contributed by atoms with Gasteiger partial charge in [0.25, 0.3) is 0 Å². The third kappa shape index (κ3) is 4.91. The van der Waals surface area contributed by atoms with Gasteiger partial charge in [0.15, 0.2) is 0 Å². The second-order valence-corrected chi connectivity index (χ2v) is 7.72. The van der Waals surface area contributed by atoms with Gasteiger partial charge in [0, 0.05) is 22.8 Å². The molecule has 7 heteroatoms. The lowest BCUT2D eigenvalue weighted by molar-refractivity contribution is -0.221. The van der Waals surface area contributed by atoms with Crippen LogP contribution in [0.3, 0.4) is 0 Å². The summed E-state index contributed by atoms with van der Waals surface area (Å²) in [5, 5.41) is 27.1. The highest BCUT2D eigenvalue weighted by Gasteiger charge is 2.42. The van der Waals surface area contributed by atoms with Crippen molar-refractivity contribution >= 4 is 11.6 Å². The number of nitriles is 1. The van der Waals surface area contributed by atoms with Crippen molar-refractivity contribution in [1.82, 2.24) is 10.4 Å². The zero-order valence-electron chi connectivity index (χ0n) is 15.2. The van der Waals surface area contributed by atoms with Gasteiger partial charge >= 0.3 is 0 Å². The topological polar surface area (TPSA) is 83.7 Å². The lowest BCUT2D eigenvalue weighted by Gasteiger charge is -2.42. The smallest absolute Gasteiger partial charge is 0.211 e. The molecule has 1 aliphatic rings. The molecule has 1 atom stereocenters. The summed E-state index contributed by atoms with van der Waals surface area (Å²) in [6.07, 6.45) is 4.02. The molecule has 0 aliphatic carbocycles. The molecule has 136 valence electrons. The van der Waals surface area contributed by atoms with Gasteiger partial charge < -0.3 is 15.8 Å². The van der Waals surface area contributed by atoms with E-state index in [0.29, 0.717) is 12.1 Å². The molecule has 3 N–H and O–H groups in total. The van der Waals surface area contributed by atoms with E-state index in [2.05, 4.69) is 15.6 Å². The molecule has 1 fully saturated rings. The largest absolute Gasteiger partial charge is 0.352 e. The van der Waals surface area contributed by atoms with Crippen molar-refractivity contribution < 1.29 is 9.60 Å². The summed E-state index contributed by atoms with van der Waals surface area (Å²) in [6.45, 7) is 7.98. The molecule has 25 heavy (non-hydrogen) atoms. The summed E-state index contributed by atoms with van der Waals surface area (Å²) < 4.78 is 13.3.